The minimum Gasteiger partial charge on any atom is -0.436 e. The molecule has 12 aromatic carbocycles. The molecule has 0 fully saturated rings. The van der Waals surface area contributed by atoms with Gasteiger partial charge in [-0.3, -0.25) is 0 Å². The fourth-order valence-electron chi connectivity index (χ4n) is 14.8. The summed E-state index contributed by atoms with van der Waals surface area (Å²) in [7, 11) is 0. The van der Waals surface area contributed by atoms with Crippen LogP contribution < -0.4 is 9.80 Å². The Hall–Kier alpha value is -10.3. The lowest BCUT2D eigenvalue weighted by Gasteiger charge is -2.30. The van der Waals surface area contributed by atoms with Crippen LogP contribution >= 0.6 is 0 Å². The third-order valence-electron chi connectivity index (χ3n) is 19.1. The quantitative estimate of drug-likeness (QED) is 0.151. The number of oxazole rings is 2. The maximum atomic E-state index is 6.28. The molecule has 14 aromatic rings. The fourth-order valence-corrected chi connectivity index (χ4v) is 14.8. The van der Waals surface area contributed by atoms with Gasteiger partial charge in [-0.15, -0.1) is 0 Å². The van der Waals surface area contributed by atoms with Crippen molar-refractivity contribution in [1.29, 1.82) is 0 Å². The predicted molar refractivity (Wildman–Crippen MR) is 350 cm³/mol. The van der Waals surface area contributed by atoms with Crippen LogP contribution in [-0.2, 0) is 16.2 Å². The number of benzene rings is 12. The second kappa shape index (κ2) is 17.9. The monoisotopic (exact) mass is 1090 g/mol. The molecule has 0 unspecified atom stereocenters. The number of fused-ring (bicyclic) bond motifs is 15. The van der Waals surface area contributed by atoms with Gasteiger partial charge in [-0.2, -0.15) is 0 Å². The minimum absolute atomic E-state index is 0.235. The van der Waals surface area contributed by atoms with Crippen LogP contribution in [0.1, 0.15) is 74.9 Å². The van der Waals surface area contributed by atoms with Gasteiger partial charge < -0.3 is 18.6 Å². The molecule has 0 bridgehead atoms. The molecule has 406 valence electrons. The van der Waals surface area contributed by atoms with Gasteiger partial charge in [-0.05, 0) is 210 Å². The first-order valence-corrected chi connectivity index (χ1v) is 29.5. The SMILES string of the molecule is CC1(C)c2cc(N(c3ccc(-c4nc5ccccc5o4)cc3)c3ccc4c(c3)C(C)(C)c3c-4ccc4ccccc34)ccc2-c2ccc(N(c3ccc(-c4nc5ccccc5o4)cc3)c3ccc4c(c3)C(C)(C)c3c-4ccc4ccccc34)cc21. The van der Waals surface area contributed by atoms with Crippen molar-refractivity contribution in [2.75, 3.05) is 9.80 Å². The van der Waals surface area contributed by atoms with Gasteiger partial charge in [-0.1, -0.05) is 163 Å². The average Bonchev–Trinajstić information content (AvgIpc) is 1.67. The molecule has 3 aliphatic carbocycles. The Morgan fingerprint density at radius 1 is 0.294 bits per heavy atom. The lowest BCUT2D eigenvalue weighted by atomic mass is 9.80. The predicted octanol–water partition coefficient (Wildman–Crippen LogP) is 21.5. The second-order valence-electron chi connectivity index (χ2n) is 25.0. The van der Waals surface area contributed by atoms with Gasteiger partial charge in [0.2, 0.25) is 11.8 Å². The van der Waals surface area contributed by atoms with Crippen molar-refractivity contribution >= 4 is 77.9 Å². The van der Waals surface area contributed by atoms with Crippen LogP contribution in [0, 0.1) is 0 Å². The van der Waals surface area contributed by atoms with Gasteiger partial charge >= 0.3 is 0 Å². The number of nitrogens with zero attached hydrogens (tertiary/aromatic N) is 4. The average molecular weight is 1100 g/mol. The van der Waals surface area contributed by atoms with Crippen LogP contribution in [0.2, 0.25) is 0 Å². The van der Waals surface area contributed by atoms with Crippen molar-refractivity contribution in [2.24, 2.45) is 0 Å². The van der Waals surface area contributed by atoms with Gasteiger partial charge in [0.15, 0.2) is 11.2 Å². The zero-order valence-electron chi connectivity index (χ0n) is 48.2. The molecule has 0 aliphatic heterocycles. The lowest BCUT2D eigenvalue weighted by molar-refractivity contribution is 0.619. The Kier molecular flexibility index (Phi) is 10.4. The topological polar surface area (TPSA) is 58.5 Å². The van der Waals surface area contributed by atoms with Gasteiger partial charge in [0.05, 0.1) is 0 Å². The number of para-hydroxylation sites is 4. The summed E-state index contributed by atoms with van der Waals surface area (Å²) in [5.41, 5.74) is 26.4. The normalized spacial score (nSPS) is 14.5. The van der Waals surface area contributed by atoms with Crippen LogP contribution in [-0.4, -0.2) is 9.97 Å². The fraction of sp³-hybridized carbons (Fsp3) is 0.114. The van der Waals surface area contributed by atoms with E-state index < -0.39 is 0 Å². The first-order chi connectivity index (χ1) is 41.4. The first-order valence-electron chi connectivity index (χ1n) is 29.5. The van der Waals surface area contributed by atoms with Crippen molar-refractivity contribution in [2.45, 2.75) is 57.8 Å². The highest BCUT2D eigenvalue weighted by atomic mass is 16.4. The minimum atomic E-state index is -0.368. The van der Waals surface area contributed by atoms with E-state index in [0.29, 0.717) is 11.8 Å². The van der Waals surface area contributed by atoms with E-state index in [1.54, 1.807) is 0 Å². The Morgan fingerprint density at radius 3 is 1.00 bits per heavy atom. The highest BCUT2D eigenvalue weighted by molar-refractivity contribution is 6.00. The van der Waals surface area contributed by atoms with Crippen molar-refractivity contribution in [3.63, 3.8) is 0 Å². The first kappa shape index (κ1) is 49.3. The molecule has 0 radical (unpaired) electrons. The molecule has 2 heterocycles. The molecule has 0 spiro atoms. The summed E-state index contributed by atoms with van der Waals surface area (Å²) in [6.45, 7) is 14.3. The summed E-state index contributed by atoms with van der Waals surface area (Å²) < 4.78 is 12.6. The summed E-state index contributed by atoms with van der Waals surface area (Å²) in [6.07, 6.45) is 0. The maximum Gasteiger partial charge on any atom is 0.227 e. The zero-order valence-corrected chi connectivity index (χ0v) is 48.2. The van der Waals surface area contributed by atoms with Crippen LogP contribution in [0.25, 0.3) is 100 Å². The molecule has 17 rings (SSSR count). The van der Waals surface area contributed by atoms with Gasteiger partial charge in [0.25, 0.3) is 0 Å². The molecule has 0 saturated carbocycles. The molecular formula is C79H58N4O2. The highest BCUT2D eigenvalue weighted by Gasteiger charge is 2.41. The number of hydrogen-bond donors (Lipinski definition) is 0. The Morgan fingerprint density at radius 2 is 0.612 bits per heavy atom. The number of anilines is 6. The summed E-state index contributed by atoms with van der Waals surface area (Å²) >= 11 is 0. The Bertz CT molecular complexity index is 4730. The summed E-state index contributed by atoms with van der Waals surface area (Å²) in [5.74, 6) is 1.21. The van der Waals surface area contributed by atoms with E-state index in [4.69, 9.17) is 18.8 Å². The number of aromatic nitrogens is 2. The Balaban J connectivity index is 0.781. The van der Waals surface area contributed by atoms with Crippen LogP contribution in [0.4, 0.5) is 34.1 Å². The van der Waals surface area contributed by atoms with E-state index >= 15 is 0 Å². The van der Waals surface area contributed by atoms with Crippen molar-refractivity contribution in [3.8, 4) is 56.3 Å². The van der Waals surface area contributed by atoms with Crippen LogP contribution in [0.3, 0.4) is 0 Å². The number of rotatable bonds is 8. The smallest absolute Gasteiger partial charge is 0.227 e. The van der Waals surface area contributed by atoms with E-state index in [9.17, 15) is 0 Å². The standard InChI is InChI=1S/C79H58N4O2/c1-77(2)65-43-53(82(51-29-23-49(24-30-51)75-80-69-19-11-13-21-71(69)84-75)55-35-41-61-63-37-27-47-15-7-9-17-57(47)73(63)78(3,4)67(61)45-55)33-39-59(65)60-40-34-54(44-66(60)77)83(52-31-25-50(26-32-52)76-81-70-20-12-14-22-72(70)85-76)56-36-42-62-64-38-28-48-16-8-10-18-58(48)74(64)79(5,6)68(62)46-56/h7-46H,1-6H3. The molecular weight excluding hydrogens is 1040 g/mol. The van der Waals surface area contributed by atoms with E-state index in [1.165, 1.54) is 88.3 Å². The van der Waals surface area contributed by atoms with E-state index in [-0.39, 0.29) is 16.2 Å². The molecule has 6 heteroatoms. The van der Waals surface area contributed by atoms with E-state index in [0.717, 1.165) is 67.5 Å². The van der Waals surface area contributed by atoms with Crippen molar-refractivity contribution in [3.05, 3.63) is 276 Å². The van der Waals surface area contributed by atoms with E-state index in [2.05, 4.69) is 245 Å². The summed E-state index contributed by atoms with van der Waals surface area (Å²) in [5, 5.41) is 5.16. The molecule has 0 amide bonds. The molecule has 0 atom stereocenters. The number of hydrogen-bond acceptors (Lipinski definition) is 6. The third kappa shape index (κ3) is 7.31. The van der Waals surface area contributed by atoms with Crippen LogP contribution in [0.5, 0.6) is 0 Å². The van der Waals surface area contributed by atoms with Crippen LogP contribution in [0.15, 0.2) is 251 Å². The van der Waals surface area contributed by atoms with Gasteiger partial charge in [0.1, 0.15) is 11.0 Å². The molecule has 2 aromatic heterocycles. The Labute approximate surface area is 493 Å². The summed E-state index contributed by atoms with van der Waals surface area (Å²) in [6, 6.07) is 88.5. The molecule has 6 nitrogen and oxygen atoms in total. The highest BCUT2D eigenvalue weighted by Crippen LogP contribution is 2.57. The van der Waals surface area contributed by atoms with Gasteiger partial charge in [-0.25, -0.2) is 9.97 Å². The molecule has 0 saturated heterocycles. The molecule has 85 heavy (non-hydrogen) atoms. The van der Waals surface area contributed by atoms with Gasteiger partial charge in [0, 0.05) is 61.5 Å². The second-order valence-corrected chi connectivity index (χ2v) is 25.0. The maximum absolute atomic E-state index is 6.28. The molecule has 0 N–H and O–H groups in total. The summed E-state index contributed by atoms with van der Waals surface area (Å²) in [4.78, 5) is 14.6. The van der Waals surface area contributed by atoms with Crippen molar-refractivity contribution < 1.29 is 8.83 Å². The molecule has 3 aliphatic rings. The zero-order chi connectivity index (χ0) is 57.1. The van der Waals surface area contributed by atoms with E-state index in [1.807, 2.05) is 48.5 Å². The van der Waals surface area contributed by atoms with Crippen molar-refractivity contribution in [1.82, 2.24) is 9.97 Å². The lowest BCUT2D eigenvalue weighted by Crippen LogP contribution is -2.19. The third-order valence-corrected chi connectivity index (χ3v) is 19.1. The largest absolute Gasteiger partial charge is 0.436 e.